The van der Waals surface area contributed by atoms with Crippen LogP contribution < -0.4 is 10.1 Å². The zero-order valence-electron chi connectivity index (χ0n) is 15.8. The molecule has 0 aliphatic carbocycles. The van der Waals surface area contributed by atoms with E-state index in [1.165, 1.54) is 7.11 Å². The summed E-state index contributed by atoms with van der Waals surface area (Å²) < 4.78 is 14.9. The highest BCUT2D eigenvalue weighted by molar-refractivity contribution is 5.96. The molecule has 28 heavy (non-hydrogen) atoms. The zero-order chi connectivity index (χ0) is 20.4. The Morgan fingerprint density at radius 1 is 0.964 bits per heavy atom. The Morgan fingerprint density at radius 3 is 2.25 bits per heavy atom. The molecule has 0 fully saturated rings. The first kappa shape index (κ1) is 21.0. The summed E-state index contributed by atoms with van der Waals surface area (Å²) in [5.41, 5.74) is 1.32. The molecule has 2 rings (SSSR count). The molecule has 0 heterocycles. The molecule has 2 aromatic carbocycles. The number of carbonyl (C=O) groups excluding carboxylic acids is 3. The number of rotatable bonds is 9. The first-order chi connectivity index (χ1) is 13.5. The van der Waals surface area contributed by atoms with Crippen molar-refractivity contribution < 1.29 is 28.6 Å². The van der Waals surface area contributed by atoms with Gasteiger partial charge in [0.2, 0.25) is 0 Å². The van der Waals surface area contributed by atoms with Crippen LogP contribution in [-0.4, -0.2) is 38.1 Å². The maximum Gasteiger partial charge on any atom is 0.408 e. The minimum absolute atomic E-state index is 0.0606. The number of carbonyl (C=O) groups is 3. The van der Waals surface area contributed by atoms with Gasteiger partial charge in [-0.25, -0.2) is 9.59 Å². The molecule has 2 aromatic rings. The van der Waals surface area contributed by atoms with Gasteiger partial charge < -0.3 is 19.5 Å². The van der Waals surface area contributed by atoms with E-state index in [2.05, 4.69) is 5.32 Å². The lowest BCUT2D eigenvalue weighted by molar-refractivity contribution is -0.143. The smallest absolute Gasteiger partial charge is 0.408 e. The van der Waals surface area contributed by atoms with Gasteiger partial charge in [0.05, 0.1) is 14.2 Å². The SMILES string of the molecule is COC(=O)C(CCC(=O)c1ccc(OC)cc1)NC(=O)OCc1ccccc1. The van der Waals surface area contributed by atoms with Gasteiger partial charge in [0.15, 0.2) is 5.78 Å². The van der Waals surface area contributed by atoms with E-state index in [-0.39, 0.29) is 25.2 Å². The van der Waals surface area contributed by atoms with E-state index in [0.29, 0.717) is 11.3 Å². The van der Waals surface area contributed by atoms with Gasteiger partial charge in [-0.15, -0.1) is 0 Å². The molecule has 0 bridgehead atoms. The van der Waals surface area contributed by atoms with Crippen LogP contribution in [0, 0.1) is 0 Å². The quantitative estimate of drug-likeness (QED) is 0.527. The molecular weight excluding hydrogens is 362 g/mol. The zero-order valence-corrected chi connectivity index (χ0v) is 15.8. The molecule has 7 heteroatoms. The first-order valence-corrected chi connectivity index (χ1v) is 8.75. The summed E-state index contributed by atoms with van der Waals surface area (Å²) in [6.07, 6.45) is -0.598. The molecule has 1 amide bonds. The Hall–Kier alpha value is -3.35. The van der Waals surface area contributed by atoms with E-state index in [4.69, 9.17) is 14.2 Å². The van der Waals surface area contributed by atoms with Crippen LogP contribution in [0.2, 0.25) is 0 Å². The van der Waals surface area contributed by atoms with Gasteiger partial charge in [0, 0.05) is 12.0 Å². The number of ether oxygens (including phenoxy) is 3. The number of ketones is 1. The van der Waals surface area contributed by atoms with Crippen molar-refractivity contribution in [1.29, 1.82) is 0 Å². The van der Waals surface area contributed by atoms with Crippen molar-refractivity contribution in [2.45, 2.75) is 25.5 Å². The van der Waals surface area contributed by atoms with E-state index in [9.17, 15) is 14.4 Å². The van der Waals surface area contributed by atoms with Crippen molar-refractivity contribution in [1.82, 2.24) is 5.32 Å². The molecule has 148 valence electrons. The molecule has 1 unspecified atom stereocenters. The van der Waals surface area contributed by atoms with Crippen molar-refractivity contribution in [3.05, 3.63) is 65.7 Å². The second-order valence-corrected chi connectivity index (χ2v) is 5.97. The van der Waals surface area contributed by atoms with E-state index < -0.39 is 18.1 Å². The molecule has 0 aromatic heterocycles. The predicted octanol–water partition coefficient (Wildman–Crippen LogP) is 3.13. The van der Waals surface area contributed by atoms with Crippen LogP contribution in [0.4, 0.5) is 4.79 Å². The van der Waals surface area contributed by atoms with Gasteiger partial charge in [-0.1, -0.05) is 30.3 Å². The van der Waals surface area contributed by atoms with E-state index in [1.807, 2.05) is 30.3 Å². The number of nitrogens with one attached hydrogen (secondary N) is 1. The number of hydrogen-bond donors (Lipinski definition) is 1. The van der Waals surface area contributed by atoms with Crippen LogP contribution in [0.3, 0.4) is 0 Å². The minimum Gasteiger partial charge on any atom is -0.497 e. The highest BCUT2D eigenvalue weighted by Crippen LogP contribution is 2.14. The van der Waals surface area contributed by atoms with Crippen molar-refractivity contribution in [2.24, 2.45) is 0 Å². The molecule has 0 aliphatic heterocycles. The lowest BCUT2D eigenvalue weighted by Crippen LogP contribution is -2.42. The average molecular weight is 385 g/mol. The van der Waals surface area contributed by atoms with E-state index >= 15 is 0 Å². The molecule has 0 spiro atoms. The van der Waals surface area contributed by atoms with Gasteiger partial charge in [-0.3, -0.25) is 4.79 Å². The summed E-state index contributed by atoms with van der Waals surface area (Å²) in [6.45, 7) is 0.0747. The third-order valence-corrected chi connectivity index (χ3v) is 4.06. The number of Topliss-reactive ketones (excluding diaryl/α,β-unsaturated/α-hetero) is 1. The lowest BCUT2D eigenvalue weighted by atomic mass is 10.0. The van der Waals surface area contributed by atoms with Crippen LogP contribution >= 0.6 is 0 Å². The van der Waals surface area contributed by atoms with E-state index in [0.717, 1.165) is 5.56 Å². The van der Waals surface area contributed by atoms with Gasteiger partial charge in [-0.05, 0) is 36.2 Å². The summed E-state index contributed by atoms with van der Waals surface area (Å²) in [4.78, 5) is 36.2. The lowest BCUT2D eigenvalue weighted by Gasteiger charge is -2.16. The van der Waals surface area contributed by atoms with Gasteiger partial charge in [0.25, 0.3) is 0 Å². The molecule has 0 saturated carbocycles. The summed E-state index contributed by atoms with van der Waals surface area (Å²) in [5, 5.41) is 2.46. The molecular formula is C21H23NO6. The number of hydrogen-bond acceptors (Lipinski definition) is 6. The third-order valence-electron chi connectivity index (χ3n) is 4.06. The fraction of sp³-hybridized carbons (Fsp3) is 0.286. The Labute approximate surface area is 163 Å². The molecule has 1 N–H and O–H groups in total. The Balaban J connectivity index is 1.88. The first-order valence-electron chi connectivity index (χ1n) is 8.75. The number of esters is 1. The maximum atomic E-state index is 12.3. The topological polar surface area (TPSA) is 90.9 Å². The minimum atomic E-state index is -0.976. The summed E-state index contributed by atoms with van der Waals surface area (Å²) in [7, 11) is 2.76. The summed E-state index contributed by atoms with van der Waals surface area (Å²) >= 11 is 0. The highest BCUT2D eigenvalue weighted by atomic mass is 16.6. The largest absolute Gasteiger partial charge is 0.497 e. The number of amides is 1. The van der Waals surface area contributed by atoms with Crippen LogP contribution in [0.5, 0.6) is 5.75 Å². The average Bonchev–Trinajstić information content (AvgIpc) is 2.75. The van der Waals surface area contributed by atoms with Gasteiger partial charge >= 0.3 is 12.1 Å². The van der Waals surface area contributed by atoms with Crippen molar-refractivity contribution >= 4 is 17.8 Å². The second-order valence-electron chi connectivity index (χ2n) is 5.97. The summed E-state index contributed by atoms with van der Waals surface area (Å²) in [6, 6.07) is 14.8. The van der Waals surface area contributed by atoms with Crippen molar-refractivity contribution in [2.75, 3.05) is 14.2 Å². The predicted molar refractivity (Wildman–Crippen MR) is 102 cm³/mol. The fourth-order valence-electron chi connectivity index (χ4n) is 2.49. The fourth-order valence-corrected chi connectivity index (χ4v) is 2.49. The molecule has 1 atom stereocenters. The molecule has 0 saturated heterocycles. The molecule has 0 aliphatic rings. The number of benzene rings is 2. The standard InChI is InChI=1S/C21H23NO6/c1-26-17-10-8-16(9-11-17)19(23)13-12-18(20(24)27-2)22-21(25)28-14-15-6-4-3-5-7-15/h3-11,18H,12-14H2,1-2H3,(H,22,25). The Morgan fingerprint density at radius 2 is 1.64 bits per heavy atom. The van der Waals surface area contributed by atoms with E-state index in [1.54, 1.807) is 31.4 Å². The molecule has 0 radical (unpaired) electrons. The van der Waals surface area contributed by atoms with Gasteiger partial charge in [-0.2, -0.15) is 0 Å². The second kappa shape index (κ2) is 10.7. The van der Waals surface area contributed by atoms with Crippen LogP contribution in [0.15, 0.2) is 54.6 Å². The summed E-state index contributed by atoms with van der Waals surface area (Å²) in [5.74, 6) is -0.151. The van der Waals surface area contributed by atoms with Crippen LogP contribution in [-0.2, 0) is 20.9 Å². The Kier molecular flexibility index (Phi) is 8.02. The maximum absolute atomic E-state index is 12.3. The van der Waals surface area contributed by atoms with Crippen molar-refractivity contribution in [3.63, 3.8) is 0 Å². The number of alkyl carbamates (subject to hydrolysis) is 1. The normalized spacial score (nSPS) is 11.2. The third kappa shape index (κ3) is 6.42. The van der Waals surface area contributed by atoms with Crippen molar-refractivity contribution in [3.8, 4) is 5.75 Å². The van der Waals surface area contributed by atoms with Gasteiger partial charge in [0.1, 0.15) is 18.4 Å². The Bertz CT molecular complexity index is 788. The highest BCUT2D eigenvalue weighted by Gasteiger charge is 2.23. The van der Waals surface area contributed by atoms with Crippen LogP contribution in [0.1, 0.15) is 28.8 Å². The monoisotopic (exact) mass is 385 g/mol. The van der Waals surface area contributed by atoms with Crippen LogP contribution in [0.25, 0.3) is 0 Å². The number of methoxy groups -OCH3 is 2. The molecule has 7 nitrogen and oxygen atoms in total.